The first-order valence-corrected chi connectivity index (χ1v) is 9.07. The Morgan fingerprint density at radius 3 is 2.36 bits per heavy atom. The molecule has 158 valence electrons. The summed E-state index contributed by atoms with van der Waals surface area (Å²) in [6, 6.07) is 7.69. The molecule has 0 fully saturated rings. The van der Waals surface area contributed by atoms with Crippen LogP contribution in [-0.4, -0.2) is 40.5 Å². The Labute approximate surface area is 178 Å². The van der Waals surface area contributed by atoms with Crippen LogP contribution in [0, 0.1) is 5.92 Å². The second kappa shape index (κ2) is 11.9. The van der Waals surface area contributed by atoms with Gasteiger partial charge in [0.2, 0.25) is 11.8 Å². The molecule has 0 bridgehead atoms. The summed E-state index contributed by atoms with van der Waals surface area (Å²) in [5.41, 5.74) is 7.80. The molecular weight excluding hydrogens is 401 g/mol. The number of para-hydroxylation sites is 2. The van der Waals surface area contributed by atoms with Crippen molar-refractivity contribution in [2.24, 2.45) is 11.7 Å². The molecule has 28 heavy (non-hydrogen) atoms. The normalized spacial score (nSPS) is 11.7. The van der Waals surface area contributed by atoms with Crippen molar-refractivity contribution < 1.29 is 9.59 Å². The number of amides is 2. The van der Waals surface area contributed by atoms with E-state index in [1.807, 2.05) is 32.0 Å². The van der Waals surface area contributed by atoms with Crippen LogP contribution in [0.3, 0.4) is 0 Å². The van der Waals surface area contributed by atoms with Crippen molar-refractivity contribution in [2.75, 3.05) is 13.1 Å². The van der Waals surface area contributed by atoms with Crippen LogP contribution in [0.15, 0.2) is 24.3 Å². The highest BCUT2D eigenvalue weighted by molar-refractivity contribution is 5.87. The SMILES string of the molecule is CC(C)[C@H](N)C(=O)NCC(=O)NCCc1nc2ccccc2n1C(C)C.Cl.Cl. The van der Waals surface area contributed by atoms with Crippen molar-refractivity contribution in [3.63, 3.8) is 0 Å². The molecule has 0 aliphatic carbocycles. The summed E-state index contributed by atoms with van der Waals surface area (Å²) in [5.74, 6) is 0.424. The summed E-state index contributed by atoms with van der Waals surface area (Å²) < 4.78 is 2.19. The van der Waals surface area contributed by atoms with Gasteiger partial charge in [-0.05, 0) is 31.9 Å². The predicted octanol–water partition coefficient (Wildman–Crippen LogP) is 2.22. The van der Waals surface area contributed by atoms with Gasteiger partial charge in [-0.15, -0.1) is 24.8 Å². The lowest BCUT2D eigenvalue weighted by Gasteiger charge is -2.15. The first-order chi connectivity index (χ1) is 12.3. The van der Waals surface area contributed by atoms with Crippen LogP contribution in [0.4, 0.5) is 0 Å². The van der Waals surface area contributed by atoms with Crippen molar-refractivity contribution in [3.8, 4) is 0 Å². The van der Waals surface area contributed by atoms with Gasteiger partial charge in [0, 0.05) is 19.0 Å². The maximum Gasteiger partial charge on any atom is 0.239 e. The van der Waals surface area contributed by atoms with Crippen molar-refractivity contribution in [2.45, 2.75) is 46.2 Å². The fourth-order valence-electron chi connectivity index (χ4n) is 2.81. The van der Waals surface area contributed by atoms with Crippen molar-refractivity contribution in [3.05, 3.63) is 30.1 Å². The molecule has 0 unspecified atom stereocenters. The molecule has 0 aliphatic rings. The molecule has 9 heteroatoms. The lowest BCUT2D eigenvalue weighted by molar-refractivity contribution is -0.127. The Morgan fingerprint density at radius 1 is 1.11 bits per heavy atom. The number of carbonyl (C=O) groups excluding carboxylic acids is 2. The summed E-state index contributed by atoms with van der Waals surface area (Å²) in [6.45, 7) is 8.35. The number of nitrogens with zero attached hydrogens (tertiary/aromatic N) is 2. The van der Waals surface area contributed by atoms with Crippen LogP contribution in [-0.2, 0) is 16.0 Å². The average molecular weight is 432 g/mol. The number of rotatable bonds is 8. The van der Waals surface area contributed by atoms with Crippen LogP contribution < -0.4 is 16.4 Å². The highest BCUT2D eigenvalue weighted by Gasteiger charge is 2.17. The Morgan fingerprint density at radius 2 is 1.75 bits per heavy atom. The molecule has 2 aromatic rings. The number of nitrogens with one attached hydrogen (secondary N) is 2. The smallest absolute Gasteiger partial charge is 0.239 e. The molecule has 0 spiro atoms. The number of aromatic nitrogens is 2. The van der Waals surface area contributed by atoms with Crippen LogP contribution in [0.2, 0.25) is 0 Å². The minimum atomic E-state index is -0.603. The maximum absolute atomic E-state index is 11.9. The summed E-state index contributed by atoms with van der Waals surface area (Å²) in [4.78, 5) is 28.4. The van der Waals surface area contributed by atoms with Gasteiger partial charge < -0.3 is 20.9 Å². The van der Waals surface area contributed by atoms with Gasteiger partial charge in [0.15, 0.2) is 0 Å². The third-order valence-corrected chi connectivity index (χ3v) is 4.30. The van der Waals surface area contributed by atoms with E-state index in [2.05, 4.69) is 40.1 Å². The zero-order chi connectivity index (χ0) is 19.3. The van der Waals surface area contributed by atoms with Gasteiger partial charge in [-0.3, -0.25) is 9.59 Å². The van der Waals surface area contributed by atoms with E-state index in [-0.39, 0.29) is 55.1 Å². The third kappa shape index (κ3) is 6.65. The Hall–Kier alpha value is -1.83. The summed E-state index contributed by atoms with van der Waals surface area (Å²) in [7, 11) is 0. The second-order valence-corrected chi connectivity index (χ2v) is 7.07. The summed E-state index contributed by atoms with van der Waals surface area (Å²) in [6.07, 6.45) is 0.623. The number of imidazole rings is 1. The molecule has 0 saturated carbocycles. The standard InChI is InChI=1S/C19H29N5O2.2ClH/c1-12(2)18(20)19(26)22-11-17(25)21-10-9-16-23-14-7-5-6-8-15(14)24(16)13(3)4;;/h5-8,12-13,18H,9-11,20H2,1-4H3,(H,21,25)(H,22,26);2*1H/t18-;;/m0../s1. The second-order valence-electron chi connectivity index (χ2n) is 7.07. The Balaban J connectivity index is 0.00000364. The van der Waals surface area contributed by atoms with E-state index in [0.717, 1.165) is 16.9 Å². The van der Waals surface area contributed by atoms with Gasteiger partial charge >= 0.3 is 0 Å². The molecule has 2 rings (SSSR count). The van der Waals surface area contributed by atoms with E-state index >= 15 is 0 Å². The van der Waals surface area contributed by atoms with Crippen LogP contribution in [0.5, 0.6) is 0 Å². The van der Waals surface area contributed by atoms with Gasteiger partial charge in [-0.1, -0.05) is 26.0 Å². The maximum atomic E-state index is 11.9. The van der Waals surface area contributed by atoms with E-state index in [1.165, 1.54) is 0 Å². The first-order valence-electron chi connectivity index (χ1n) is 9.07. The Bertz CT molecular complexity index is 777. The molecule has 0 aliphatic heterocycles. The van der Waals surface area contributed by atoms with Crippen molar-refractivity contribution >= 4 is 47.7 Å². The fourth-order valence-corrected chi connectivity index (χ4v) is 2.81. The van der Waals surface area contributed by atoms with Gasteiger partial charge in [-0.25, -0.2) is 4.98 Å². The average Bonchev–Trinajstić information content (AvgIpc) is 2.97. The number of halogens is 2. The van der Waals surface area contributed by atoms with Crippen LogP contribution in [0.25, 0.3) is 11.0 Å². The zero-order valence-electron chi connectivity index (χ0n) is 16.8. The lowest BCUT2D eigenvalue weighted by atomic mass is 10.1. The molecule has 7 nitrogen and oxygen atoms in total. The molecule has 4 N–H and O–H groups in total. The molecule has 1 aromatic carbocycles. The van der Waals surface area contributed by atoms with E-state index in [4.69, 9.17) is 5.73 Å². The quantitative estimate of drug-likeness (QED) is 0.595. The summed E-state index contributed by atoms with van der Waals surface area (Å²) in [5, 5.41) is 5.38. The zero-order valence-corrected chi connectivity index (χ0v) is 18.4. The fraction of sp³-hybridized carbons (Fsp3) is 0.526. The van der Waals surface area contributed by atoms with Crippen LogP contribution in [0.1, 0.15) is 39.6 Å². The van der Waals surface area contributed by atoms with E-state index < -0.39 is 6.04 Å². The predicted molar refractivity (Wildman–Crippen MR) is 117 cm³/mol. The molecule has 2 amide bonds. The number of benzene rings is 1. The molecule has 0 radical (unpaired) electrons. The monoisotopic (exact) mass is 431 g/mol. The van der Waals surface area contributed by atoms with Gasteiger partial charge in [0.05, 0.1) is 23.6 Å². The minimum absolute atomic E-state index is 0. The van der Waals surface area contributed by atoms with E-state index in [0.29, 0.717) is 13.0 Å². The molecule has 1 aromatic heterocycles. The molecular formula is C19H31Cl2N5O2. The highest BCUT2D eigenvalue weighted by atomic mass is 35.5. The first kappa shape index (κ1) is 26.2. The van der Waals surface area contributed by atoms with Gasteiger partial charge in [0.25, 0.3) is 0 Å². The van der Waals surface area contributed by atoms with E-state index in [9.17, 15) is 9.59 Å². The molecule has 0 saturated heterocycles. The van der Waals surface area contributed by atoms with Crippen molar-refractivity contribution in [1.82, 2.24) is 20.2 Å². The van der Waals surface area contributed by atoms with E-state index in [1.54, 1.807) is 0 Å². The largest absolute Gasteiger partial charge is 0.354 e. The molecule has 1 atom stereocenters. The summed E-state index contributed by atoms with van der Waals surface area (Å²) >= 11 is 0. The lowest BCUT2D eigenvalue weighted by Crippen LogP contribution is -2.47. The molecule has 1 heterocycles. The highest BCUT2D eigenvalue weighted by Crippen LogP contribution is 2.20. The number of hydrogen-bond donors (Lipinski definition) is 3. The number of hydrogen-bond acceptors (Lipinski definition) is 4. The topological polar surface area (TPSA) is 102 Å². The van der Waals surface area contributed by atoms with Crippen LogP contribution >= 0.6 is 24.8 Å². The van der Waals surface area contributed by atoms with Gasteiger partial charge in [-0.2, -0.15) is 0 Å². The number of fused-ring (bicyclic) bond motifs is 1. The minimum Gasteiger partial charge on any atom is -0.354 e. The number of nitrogens with two attached hydrogens (primary N) is 1. The number of carbonyl (C=O) groups is 2. The van der Waals surface area contributed by atoms with Gasteiger partial charge in [0.1, 0.15) is 5.82 Å². The van der Waals surface area contributed by atoms with Crippen molar-refractivity contribution in [1.29, 1.82) is 0 Å². The third-order valence-electron chi connectivity index (χ3n) is 4.30. The Kier molecular flexibility index (Phi) is 11.1.